The van der Waals surface area contributed by atoms with Gasteiger partial charge in [-0.2, -0.15) is 0 Å². The average molecular weight is 300 g/mol. The molecule has 0 radical (unpaired) electrons. The molecule has 0 amide bonds. The highest BCUT2D eigenvalue weighted by Crippen LogP contribution is 2.32. The van der Waals surface area contributed by atoms with Crippen LogP contribution in [-0.4, -0.2) is 0 Å². The molecule has 1 atom stereocenters. The van der Waals surface area contributed by atoms with Crippen molar-refractivity contribution in [2.75, 3.05) is 5.73 Å². The summed E-state index contributed by atoms with van der Waals surface area (Å²) in [6.07, 6.45) is 1.51. The normalized spacial score (nSPS) is 12.6. The van der Waals surface area contributed by atoms with E-state index >= 15 is 0 Å². The Morgan fingerprint density at radius 3 is 2.71 bits per heavy atom. The molecule has 17 heavy (non-hydrogen) atoms. The van der Waals surface area contributed by atoms with Crippen LogP contribution in [0, 0.1) is 5.82 Å². The van der Waals surface area contributed by atoms with Crippen molar-refractivity contribution in [2.45, 2.75) is 6.04 Å². The van der Waals surface area contributed by atoms with Crippen molar-refractivity contribution in [2.24, 2.45) is 5.84 Å². The fraction of sp³-hybridized carbons (Fsp3) is 0.0909. The summed E-state index contributed by atoms with van der Waals surface area (Å²) in [6.45, 7) is 0. The van der Waals surface area contributed by atoms with Gasteiger partial charge in [0, 0.05) is 11.3 Å². The minimum absolute atomic E-state index is 0.378. The predicted molar refractivity (Wildman–Crippen MR) is 66.4 cm³/mol. The van der Waals surface area contributed by atoms with E-state index < -0.39 is 6.04 Å². The van der Waals surface area contributed by atoms with Crippen LogP contribution < -0.4 is 17.0 Å². The lowest BCUT2D eigenvalue weighted by molar-refractivity contribution is 0.449. The van der Waals surface area contributed by atoms with Gasteiger partial charge in [-0.1, -0.05) is 0 Å². The van der Waals surface area contributed by atoms with Crippen LogP contribution in [0.5, 0.6) is 0 Å². The molecule has 4 nitrogen and oxygen atoms in total. The molecule has 2 rings (SSSR count). The van der Waals surface area contributed by atoms with E-state index in [4.69, 9.17) is 16.0 Å². The van der Waals surface area contributed by atoms with E-state index in [9.17, 15) is 4.39 Å². The monoisotopic (exact) mass is 299 g/mol. The van der Waals surface area contributed by atoms with Crippen molar-refractivity contribution in [3.63, 3.8) is 0 Å². The molecule has 2 aromatic rings. The van der Waals surface area contributed by atoms with E-state index in [2.05, 4.69) is 21.4 Å². The van der Waals surface area contributed by atoms with E-state index in [0.29, 0.717) is 17.0 Å². The van der Waals surface area contributed by atoms with Crippen LogP contribution in [0.3, 0.4) is 0 Å². The number of hydrazine groups is 1. The Kier molecular flexibility index (Phi) is 3.46. The van der Waals surface area contributed by atoms with Crippen molar-refractivity contribution in [3.8, 4) is 0 Å². The van der Waals surface area contributed by atoms with E-state index in [1.54, 1.807) is 6.07 Å². The Morgan fingerprint density at radius 2 is 2.12 bits per heavy atom. The van der Waals surface area contributed by atoms with Crippen LogP contribution in [0.15, 0.2) is 39.4 Å². The molecule has 1 unspecified atom stereocenters. The molecular weight excluding hydrogens is 289 g/mol. The number of hydrogen-bond donors (Lipinski definition) is 3. The summed E-state index contributed by atoms with van der Waals surface area (Å²) in [7, 11) is 0. The maximum absolute atomic E-state index is 13.2. The zero-order valence-electron chi connectivity index (χ0n) is 8.78. The van der Waals surface area contributed by atoms with E-state index in [1.165, 1.54) is 24.5 Å². The number of hydrogen-bond acceptors (Lipinski definition) is 4. The molecule has 1 aromatic carbocycles. The third kappa shape index (κ3) is 2.33. The van der Waals surface area contributed by atoms with Crippen molar-refractivity contribution in [1.29, 1.82) is 0 Å². The average Bonchev–Trinajstić information content (AvgIpc) is 2.71. The highest BCUT2D eigenvalue weighted by atomic mass is 79.9. The number of benzene rings is 1. The molecule has 0 aliphatic rings. The lowest BCUT2D eigenvalue weighted by Gasteiger charge is -2.16. The molecular formula is C11H11BrFN3O. The van der Waals surface area contributed by atoms with Crippen molar-refractivity contribution >= 4 is 21.6 Å². The Labute approximate surface area is 106 Å². The van der Waals surface area contributed by atoms with E-state index in [-0.39, 0.29) is 5.82 Å². The maximum atomic E-state index is 13.2. The van der Waals surface area contributed by atoms with Crippen molar-refractivity contribution in [1.82, 2.24) is 5.43 Å². The molecule has 0 aliphatic heterocycles. The van der Waals surface area contributed by atoms with Gasteiger partial charge in [0.2, 0.25) is 0 Å². The Hall–Kier alpha value is -1.37. The van der Waals surface area contributed by atoms with Gasteiger partial charge in [0.1, 0.15) is 17.6 Å². The first-order valence-electron chi connectivity index (χ1n) is 4.87. The number of nitrogens with two attached hydrogens (primary N) is 2. The molecule has 0 aliphatic carbocycles. The van der Waals surface area contributed by atoms with Gasteiger partial charge in [0.05, 0.1) is 10.7 Å². The second-order valence-corrected chi connectivity index (χ2v) is 4.36. The van der Waals surface area contributed by atoms with Gasteiger partial charge in [-0.25, -0.2) is 9.82 Å². The summed E-state index contributed by atoms with van der Waals surface area (Å²) in [4.78, 5) is 0. The third-order valence-electron chi connectivity index (χ3n) is 2.43. The predicted octanol–water partition coefficient (Wildman–Crippen LogP) is 2.32. The highest BCUT2D eigenvalue weighted by Gasteiger charge is 2.21. The fourth-order valence-corrected chi connectivity index (χ4v) is 2.04. The molecule has 1 aromatic heterocycles. The second-order valence-electron chi connectivity index (χ2n) is 3.51. The zero-order chi connectivity index (χ0) is 12.4. The minimum atomic E-state index is -0.505. The molecule has 5 N–H and O–H groups in total. The zero-order valence-corrected chi connectivity index (χ0v) is 10.4. The number of nitrogens with one attached hydrogen (secondary N) is 1. The lowest BCUT2D eigenvalue weighted by atomic mass is 10.0. The number of anilines is 1. The van der Waals surface area contributed by atoms with Gasteiger partial charge in [0.25, 0.3) is 0 Å². The molecule has 1 heterocycles. The smallest absolute Gasteiger partial charge is 0.140 e. The highest BCUT2D eigenvalue weighted by molar-refractivity contribution is 9.10. The van der Waals surface area contributed by atoms with Crippen LogP contribution in [0.2, 0.25) is 0 Å². The summed E-state index contributed by atoms with van der Waals surface area (Å²) >= 11 is 3.32. The van der Waals surface area contributed by atoms with Gasteiger partial charge in [0.15, 0.2) is 0 Å². The second kappa shape index (κ2) is 4.87. The molecule has 0 bridgehead atoms. The third-order valence-corrected chi connectivity index (χ3v) is 3.09. The quantitative estimate of drug-likeness (QED) is 0.462. The topological polar surface area (TPSA) is 77.2 Å². The fourth-order valence-electron chi connectivity index (χ4n) is 1.61. The molecule has 0 fully saturated rings. The summed E-state index contributed by atoms with van der Waals surface area (Å²) in [6, 6.07) is 5.34. The molecule has 6 heteroatoms. The van der Waals surface area contributed by atoms with Crippen molar-refractivity contribution < 1.29 is 8.81 Å². The molecule has 0 saturated heterocycles. The molecule has 0 spiro atoms. The van der Waals surface area contributed by atoms with Crippen LogP contribution in [0.4, 0.5) is 10.1 Å². The number of nitrogen functional groups attached to an aromatic ring is 1. The number of rotatable bonds is 3. The summed E-state index contributed by atoms with van der Waals surface area (Å²) < 4.78 is 19.3. The Morgan fingerprint density at radius 1 is 1.35 bits per heavy atom. The van der Waals surface area contributed by atoms with Gasteiger partial charge >= 0.3 is 0 Å². The van der Waals surface area contributed by atoms with Crippen LogP contribution in [-0.2, 0) is 0 Å². The minimum Gasteiger partial charge on any atom is -0.466 e. The molecule has 0 saturated carbocycles. The Bertz CT molecular complexity index is 529. The first-order valence-corrected chi connectivity index (χ1v) is 5.66. The van der Waals surface area contributed by atoms with Gasteiger partial charge in [-0.05, 0) is 40.2 Å². The SMILES string of the molecule is NNC(c1cc(F)ccc1N)c1occc1Br. The van der Waals surface area contributed by atoms with Gasteiger partial charge in [-0.3, -0.25) is 5.84 Å². The Balaban J connectivity index is 2.49. The maximum Gasteiger partial charge on any atom is 0.140 e. The van der Waals surface area contributed by atoms with E-state index in [1.807, 2.05) is 0 Å². The first-order chi connectivity index (χ1) is 8.13. The summed E-state index contributed by atoms with van der Waals surface area (Å²) in [5.41, 5.74) is 9.34. The summed E-state index contributed by atoms with van der Waals surface area (Å²) in [5, 5.41) is 0. The largest absolute Gasteiger partial charge is 0.466 e. The standard InChI is InChI=1S/C11H11BrFN3O/c12-8-3-4-17-11(8)10(16-15)7-5-6(13)1-2-9(7)14/h1-5,10,16H,14-15H2. The van der Waals surface area contributed by atoms with Crippen LogP contribution in [0.25, 0.3) is 0 Å². The van der Waals surface area contributed by atoms with Crippen molar-refractivity contribution in [3.05, 3.63) is 52.1 Å². The number of halogens is 2. The number of furan rings is 1. The van der Waals surface area contributed by atoms with Gasteiger partial charge in [-0.15, -0.1) is 0 Å². The van der Waals surface area contributed by atoms with Crippen LogP contribution in [0.1, 0.15) is 17.4 Å². The van der Waals surface area contributed by atoms with Crippen LogP contribution >= 0.6 is 15.9 Å². The van der Waals surface area contributed by atoms with Gasteiger partial charge < -0.3 is 10.2 Å². The van der Waals surface area contributed by atoms with E-state index in [0.717, 1.165) is 4.47 Å². The molecule has 90 valence electrons. The lowest BCUT2D eigenvalue weighted by Crippen LogP contribution is -2.29. The first kappa shape index (κ1) is 12.1. The summed E-state index contributed by atoms with van der Waals surface area (Å²) in [5.74, 6) is 5.64.